The van der Waals surface area contributed by atoms with Crippen LogP contribution in [0.25, 0.3) is 0 Å². The lowest BCUT2D eigenvalue weighted by Gasteiger charge is -2.18. The zero-order valence-corrected chi connectivity index (χ0v) is 15.2. The fourth-order valence-corrected chi connectivity index (χ4v) is 2.84. The molecule has 6 nitrogen and oxygen atoms in total. The fraction of sp³-hybridized carbons (Fsp3) is 0.350. The van der Waals surface area contributed by atoms with Gasteiger partial charge < -0.3 is 24.3 Å². The molecule has 0 fully saturated rings. The van der Waals surface area contributed by atoms with Gasteiger partial charge in [-0.15, -0.1) is 0 Å². The third-order valence-electron chi connectivity index (χ3n) is 4.26. The van der Waals surface area contributed by atoms with E-state index in [4.69, 9.17) is 18.9 Å². The first-order valence-corrected chi connectivity index (χ1v) is 8.55. The van der Waals surface area contributed by atoms with E-state index in [0.717, 1.165) is 12.0 Å². The molecule has 138 valence electrons. The highest BCUT2D eigenvalue weighted by atomic mass is 16.5. The first-order chi connectivity index (χ1) is 12.6. The van der Waals surface area contributed by atoms with Crippen molar-refractivity contribution in [3.63, 3.8) is 0 Å². The summed E-state index contributed by atoms with van der Waals surface area (Å²) in [6, 6.07) is 10.5. The summed E-state index contributed by atoms with van der Waals surface area (Å²) in [5.41, 5.74) is 1.36. The molecule has 1 aliphatic rings. The summed E-state index contributed by atoms with van der Waals surface area (Å²) >= 11 is 0. The number of carbonyl (C=O) groups is 1. The topological polar surface area (TPSA) is 66.0 Å². The Hall–Kier alpha value is -2.89. The molecule has 0 saturated carbocycles. The van der Waals surface area contributed by atoms with Crippen LogP contribution >= 0.6 is 0 Å². The molecule has 1 N–H and O–H groups in total. The highest BCUT2D eigenvalue weighted by Gasteiger charge is 2.18. The zero-order valence-electron chi connectivity index (χ0n) is 15.2. The van der Waals surface area contributed by atoms with Gasteiger partial charge in [0.1, 0.15) is 11.5 Å². The van der Waals surface area contributed by atoms with Crippen molar-refractivity contribution >= 4 is 5.91 Å². The van der Waals surface area contributed by atoms with Gasteiger partial charge in [0.2, 0.25) is 0 Å². The maximum Gasteiger partial charge on any atom is 0.251 e. The molecule has 1 atom stereocenters. The Bertz CT molecular complexity index is 790. The van der Waals surface area contributed by atoms with Gasteiger partial charge in [-0.25, -0.2) is 0 Å². The third-order valence-corrected chi connectivity index (χ3v) is 4.26. The Balaban J connectivity index is 1.78. The van der Waals surface area contributed by atoms with E-state index in [9.17, 15) is 4.79 Å². The van der Waals surface area contributed by atoms with Crippen molar-refractivity contribution in [2.24, 2.45) is 0 Å². The van der Waals surface area contributed by atoms with Crippen molar-refractivity contribution in [2.45, 2.75) is 19.4 Å². The monoisotopic (exact) mass is 357 g/mol. The molecule has 6 heteroatoms. The Labute approximate surface area is 153 Å². The zero-order chi connectivity index (χ0) is 18.5. The number of benzene rings is 2. The number of methoxy groups -OCH3 is 2. The van der Waals surface area contributed by atoms with Crippen molar-refractivity contribution in [3.05, 3.63) is 47.5 Å². The highest BCUT2D eigenvalue weighted by molar-refractivity contribution is 5.95. The number of amides is 1. The molecule has 1 unspecified atom stereocenters. The van der Waals surface area contributed by atoms with E-state index < -0.39 is 0 Å². The third kappa shape index (κ3) is 3.85. The minimum Gasteiger partial charge on any atom is -0.497 e. The first-order valence-electron chi connectivity index (χ1n) is 8.55. The average molecular weight is 357 g/mol. The van der Waals surface area contributed by atoms with Crippen molar-refractivity contribution in [3.8, 4) is 23.0 Å². The minimum atomic E-state index is -0.261. The van der Waals surface area contributed by atoms with Crippen LogP contribution in [-0.2, 0) is 0 Å². The number of hydrogen-bond donors (Lipinski definition) is 1. The number of nitrogens with one attached hydrogen (secondary N) is 1. The second-order valence-electron chi connectivity index (χ2n) is 6.02. The molecule has 3 rings (SSSR count). The summed E-state index contributed by atoms with van der Waals surface area (Å²) in [7, 11) is 3.20. The summed E-state index contributed by atoms with van der Waals surface area (Å²) in [6.07, 6.45) is 0.822. The predicted molar refractivity (Wildman–Crippen MR) is 97.5 cm³/mol. The maximum absolute atomic E-state index is 12.7. The molecule has 0 saturated heterocycles. The normalized spacial score (nSPS) is 14.1. The molecule has 1 heterocycles. The van der Waals surface area contributed by atoms with E-state index in [1.807, 2.05) is 25.1 Å². The molecule has 0 aliphatic carbocycles. The molecule has 0 bridgehead atoms. The number of ether oxygens (including phenoxy) is 4. The molecule has 2 aromatic rings. The highest BCUT2D eigenvalue weighted by Crippen LogP contribution is 2.32. The van der Waals surface area contributed by atoms with Gasteiger partial charge in [-0.2, -0.15) is 0 Å². The lowest BCUT2D eigenvalue weighted by Crippen LogP contribution is -2.27. The van der Waals surface area contributed by atoms with E-state index in [-0.39, 0.29) is 11.9 Å². The minimum absolute atomic E-state index is 0.196. The average Bonchev–Trinajstić information content (AvgIpc) is 2.92. The van der Waals surface area contributed by atoms with Crippen LogP contribution in [0.15, 0.2) is 36.4 Å². The molecule has 2 aromatic carbocycles. The smallest absolute Gasteiger partial charge is 0.251 e. The van der Waals surface area contributed by atoms with Crippen molar-refractivity contribution < 1.29 is 23.7 Å². The van der Waals surface area contributed by atoms with Gasteiger partial charge in [0, 0.05) is 17.5 Å². The Morgan fingerprint density at radius 3 is 2.54 bits per heavy atom. The Morgan fingerprint density at radius 1 is 1.04 bits per heavy atom. The van der Waals surface area contributed by atoms with Gasteiger partial charge in [0.05, 0.1) is 33.5 Å². The number of fused-ring (bicyclic) bond motifs is 1. The number of carbonyl (C=O) groups excluding carboxylic acids is 1. The summed E-state index contributed by atoms with van der Waals surface area (Å²) in [5, 5.41) is 2.99. The summed E-state index contributed by atoms with van der Waals surface area (Å²) < 4.78 is 21.9. The molecule has 0 spiro atoms. The summed E-state index contributed by atoms with van der Waals surface area (Å²) in [5.74, 6) is 2.47. The van der Waals surface area contributed by atoms with Gasteiger partial charge >= 0.3 is 0 Å². The van der Waals surface area contributed by atoms with Crippen molar-refractivity contribution in [1.29, 1.82) is 0 Å². The largest absolute Gasteiger partial charge is 0.497 e. The van der Waals surface area contributed by atoms with Crippen molar-refractivity contribution in [1.82, 2.24) is 5.32 Å². The molecule has 1 amide bonds. The van der Waals surface area contributed by atoms with Crippen LogP contribution in [0.2, 0.25) is 0 Å². The second kappa shape index (κ2) is 7.99. The van der Waals surface area contributed by atoms with Crippen LogP contribution in [0.1, 0.15) is 35.3 Å². The SMILES string of the molecule is COc1ccc(OC)c(C(C)NC(=O)c2ccc3c(c2)OCCCO3)c1. The van der Waals surface area contributed by atoms with E-state index in [1.165, 1.54) is 0 Å². The van der Waals surface area contributed by atoms with Gasteiger partial charge in [0.15, 0.2) is 11.5 Å². The molecule has 0 radical (unpaired) electrons. The van der Waals surface area contributed by atoms with Crippen LogP contribution in [0.3, 0.4) is 0 Å². The van der Waals surface area contributed by atoms with Crippen LogP contribution in [0.4, 0.5) is 0 Å². The predicted octanol–water partition coefficient (Wildman–Crippen LogP) is 3.36. The molecule has 1 aliphatic heterocycles. The van der Waals surface area contributed by atoms with Gasteiger partial charge in [-0.3, -0.25) is 4.79 Å². The number of hydrogen-bond acceptors (Lipinski definition) is 5. The maximum atomic E-state index is 12.7. The quantitative estimate of drug-likeness (QED) is 0.889. The fourth-order valence-electron chi connectivity index (χ4n) is 2.84. The lowest BCUT2D eigenvalue weighted by molar-refractivity contribution is 0.0939. The molecular weight excluding hydrogens is 334 g/mol. The van der Waals surface area contributed by atoms with Gasteiger partial charge in [-0.1, -0.05) is 0 Å². The molecular formula is C20H23NO5. The molecule has 26 heavy (non-hydrogen) atoms. The lowest BCUT2D eigenvalue weighted by atomic mass is 10.1. The molecule has 0 aromatic heterocycles. The standard InChI is InChI=1S/C20H23NO5/c1-13(16-12-15(23-2)6-8-17(16)24-3)21-20(22)14-5-7-18-19(11-14)26-10-4-9-25-18/h5-8,11-13H,4,9-10H2,1-3H3,(H,21,22). The second-order valence-corrected chi connectivity index (χ2v) is 6.02. The van der Waals surface area contributed by atoms with E-state index in [1.54, 1.807) is 32.4 Å². The van der Waals surface area contributed by atoms with Gasteiger partial charge in [-0.05, 0) is 43.3 Å². The van der Waals surface area contributed by atoms with Crippen LogP contribution in [0, 0.1) is 0 Å². The summed E-state index contributed by atoms with van der Waals surface area (Å²) in [4.78, 5) is 12.7. The van der Waals surface area contributed by atoms with Gasteiger partial charge in [0.25, 0.3) is 5.91 Å². The van der Waals surface area contributed by atoms with E-state index in [0.29, 0.717) is 41.8 Å². The number of rotatable bonds is 5. The Kier molecular flexibility index (Phi) is 5.51. The van der Waals surface area contributed by atoms with Crippen molar-refractivity contribution in [2.75, 3.05) is 27.4 Å². The van der Waals surface area contributed by atoms with Crippen LogP contribution < -0.4 is 24.3 Å². The van der Waals surface area contributed by atoms with E-state index >= 15 is 0 Å². The van der Waals surface area contributed by atoms with Crippen LogP contribution in [-0.4, -0.2) is 33.3 Å². The van der Waals surface area contributed by atoms with Crippen LogP contribution in [0.5, 0.6) is 23.0 Å². The summed E-state index contributed by atoms with van der Waals surface area (Å²) in [6.45, 7) is 3.10. The van der Waals surface area contributed by atoms with E-state index in [2.05, 4.69) is 5.32 Å². The first kappa shape index (κ1) is 17.9. The Morgan fingerprint density at radius 2 is 1.81 bits per heavy atom.